The number of hydrogen-bond donors (Lipinski definition) is 1. The van der Waals surface area contributed by atoms with Crippen LogP contribution in [0.25, 0.3) is 0 Å². The summed E-state index contributed by atoms with van der Waals surface area (Å²) in [5.41, 5.74) is 2.37. The Morgan fingerprint density at radius 2 is 1.68 bits per heavy atom. The van der Waals surface area contributed by atoms with Crippen molar-refractivity contribution in [3.63, 3.8) is 0 Å². The molecule has 0 saturated carbocycles. The topological polar surface area (TPSA) is 79.0 Å². The molecule has 2 aromatic carbocycles. The molecule has 2 heterocycles. The van der Waals surface area contributed by atoms with Gasteiger partial charge in [-0.2, -0.15) is 4.31 Å². The first-order valence-corrected chi connectivity index (χ1v) is 13.6. The molecule has 0 bridgehead atoms. The van der Waals surface area contributed by atoms with Gasteiger partial charge in [0.15, 0.2) is 0 Å². The van der Waals surface area contributed by atoms with Crippen LogP contribution < -0.4 is 10.1 Å². The zero-order valence-electron chi connectivity index (χ0n) is 19.9. The second kappa shape index (κ2) is 11.3. The van der Waals surface area contributed by atoms with E-state index >= 15 is 0 Å². The lowest BCUT2D eigenvalue weighted by molar-refractivity contribution is -0.126. The van der Waals surface area contributed by atoms with Crippen LogP contribution in [0.5, 0.6) is 5.75 Å². The number of nitrogens with one attached hydrogen (secondary N) is 1. The molecule has 7 nitrogen and oxygen atoms in total. The van der Waals surface area contributed by atoms with Crippen molar-refractivity contribution in [1.82, 2.24) is 14.5 Å². The summed E-state index contributed by atoms with van der Waals surface area (Å²) in [5, 5.41) is 3.08. The second-order valence-corrected chi connectivity index (χ2v) is 11.1. The van der Waals surface area contributed by atoms with E-state index < -0.39 is 10.0 Å². The Kier molecular flexibility index (Phi) is 8.24. The Balaban J connectivity index is 1.36. The zero-order chi connectivity index (χ0) is 24.0. The van der Waals surface area contributed by atoms with Gasteiger partial charge in [0.25, 0.3) is 0 Å². The molecule has 2 aliphatic rings. The van der Waals surface area contributed by atoms with Gasteiger partial charge in [-0.25, -0.2) is 8.42 Å². The molecular formula is C26H35N3O4S. The molecule has 2 aromatic rings. The minimum absolute atomic E-state index is 0.0811. The molecule has 184 valence electrons. The van der Waals surface area contributed by atoms with Crippen molar-refractivity contribution >= 4 is 15.9 Å². The van der Waals surface area contributed by atoms with E-state index in [1.807, 2.05) is 12.1 Å². The average Bonchev–Trinajstić information content (AvgIpc) is 2.88. The second-order valence-electron chi connectivity index (χ2n) is 9.20. The summed E-state index contributed by atoms with van der Waals surface area (Å²) in [6.07, 6.45) is 5.16. The van der Waals surface area contributed by atoms with Gasteiger partial charge in [0, 0.05) is 26.2 Å². The van der Waals surface area contributed by atoms with Gasteiger partial charge in [0.1, 0.15) is 5.75 Å². The van der Waals surface area contributed by atoms with Gasteiger partial charge in [-0.05, 0) is 74.2 Å². The Morgan fingerprint density at radius 3 is 2.38 bits per heavy atom. The highest BCUT2D eigenvalue weighted by Crippen LogP contribution is 2.25. The number of likely N-dealkylation sites (tertiary alicyclic amines) is 1. The molecular weight excluding hydrogens is 450 g/mol. The summed E-state index contributed by atoms with van der Waals surface area (Å²) in [6, 6.07) is 14.7. The van der Waals surface area contributed by atoms with Crippen molar-refractivity contribution in [2.24, 2.45) is 5.92 Å². The summed E-state index contributed by atoms with van der Waals surface area (Å²) in [7, 11) is -2.11. The van der Waals surface area contributed by atoms with Crippen molar-refractivity contribution in [3.8, 4) is 5.75 Å². The third kappa shape index (κ3) is 5.98. The zero-order valence-corrected chi connectivity index (χ0v) is 20.7. The fourth-order valence-corrected chi connectivity index (χ4v) is 6.36. The van der Waals surface area contributed by atoms with Crippen molar-refractivity contribution in [2.45, 2.75) is 50.1 Å². The first-order valence-electron chi connectivity index (χ1n) is 12.2. The van der Waals surface area contributed by atoms with Crippen molar-refractivity contribution in [2.75, 3.05) is 33.3 Å². The number of ether oxygens (including phenoxy) is 1. The maximum absolute atomic E-state index is 13.1. The largest absolute Gasteiger partial charge is 0.497 e. The lowest BCUT2D eigenvalue weighted by atomic mass is 9.98. The molecule has 2 aliphatic heterocycles. The number of carbonyl (C=O) groups excluding carboxylic acids is 1. The van der Waals surface area contributed by atoms with Gasteiger partial charge in [-0.15, -0.1) is 0 Å². The average molecular weight is 486 g/mol. The van der Waals surface area contributed by atoms with Gasteiger partial charge < -0.3 is 10.1 Å². The van der Waals surface area contributed by atoms with Crippen LogP contribution in [0, 0.1) is 5.92 Å². The highest BCUT2D eigenvalue weighted by Gasteiger charge is 2.33. The number of nitrogens with zero attached hydrogens (tertiary/aromatic N) is 2. The Bertz CT molecular complexity index is 1070. The first kappa shape index (κ1) is 24.7. The third-order valence-corrected chi connectivity index (χ3v) is 8.75. The molecule has 2 saturated heterocycles. The van der Waals surface area contributed by atoms with Gasteiger partial charge >= 0.3 is 0 Å². The summed E-state index contributed by atoms with van der Waals surface area (Å²) in [5.74, 6) is 0.175. The van der Waals surface area contributed by atoms with Gasteiger partial charge in [-0.3, -0.25) is 9.69 Å². The van der Waals surface area contributed by atoms with E-state index in [0.717, 1.165) is 25.2 Å². The van der Waals surface area contributed by atoms with Crippen LogP contribution in [0.2, 0.25) is 0 Å². The predicted molar refractivity (Wildman–Crippen MR) is 132 cm³/mol. The lowest BCUT2D eigenvalue weighted by Gasteiger charge is -2.31. The molecule has 1 amide bonds. The van der Waals surface area contributed by atoms with Crippen LogP contribution in [0.15, 0.2) is 53.4 Å². The third-order valence-electron chi connectivity index (χ3n) is 6.87. The van der Waals surface area contributed by atoms with Gasteiger partial charge in [0.2, 0.25) is 15.9 Å². The van der Waals surface area contributed by atoms with Crippen LogP contribution in [-0.4, -0.2) is 56.8 Å². The first-order chi connectivity index (χ1) is 16.5. The molecule has 0 spiro atoms. The summed E-state index contributed by atoms with van der Waals surface area (Å²) >= 11 is 0. The van der Waals surface area contributed by atoms with E-state index in [0.29, 0.717) is 31.7 Å². The summed E-state index contributed by atoms with van der Waals surface area (Å²) in [4.78, 5) is 15.7. The van der Waals surface area contributed by atoms with Crippen LogP contribution in [0.4, 0.5) is 0 Å². The molecule has 0 radical (unpaired) electrons. The van der Waals surface area contributed by atoms with Crippen LogP contribution in [-0.2, 0) is 27.9 Å². The molecule has 1 N–H and O–H groups in total. The highest BCUT2D eigenvalue weighted by atomic mass is 32.2. The number of benzene rings is 2. The lowest BCUT2D eigenvalue weighted by Crippen LogP contribution is -2.45. The van der Waals surface area contributed by atoms with Crippen molar-refractivity contribution in [1.29, 1.82) is 0 Å². The molecule has 2 fully saturated rings. The molecule has 34 heavy (non-hydrogen) atoms. The monoisotopic (exact) mass is 485 g/mol. The smallest absolute Gasteiger partial charge is 0.243 e. The Morgan fingerprint density at radius 1 is 0.971 bits per heavy atom. The SMILES string of the molecule is COc1ccc(S(=O)(=O)N2CCCC(C(=O)NCc3ccccc3CN3CCCCC3)C2)cc1. The molecule has 0 aromatic heterocycles. The molecule has 4 rings (SSSR count). The minimum atomic E-state index is -3.65. The number of carbonyl (C=O) groups is 1. The normalized spacial score (nSPS) is 20.1. The van der Waals surface area contributed by atoms with E-state index in [9.17, 15) is 13.2 Å². The number of amides is 1. The Labute approximate surface area is 203 Å². The van der Waals surface area contributed by atoms with Gasteiger partial charge in [0.05, 0.1) is 17.9 Å². The minimum Gasteiger partial charge on any atom is -0.497 e. The molecule has 1 atom stereocenters. The van der Waals surface area contributed by atoms with Crippen molar-refractivity contribution < 1.29 is 17.9 Å². The van der Waals surface area contributed by atoms with E-state index in [2.05, 4.69) is 22.3 Å². The number of methoxy groups -OCH3 is 1. The summed E-state index contributed by atoms with van der Waals surface area (Å²) < 4.78 is 32.8. The van der Waals surface area contributed by atoms with E-state index in [-0.39, 0.29) is 23.3 Å². The van der Waals surface area contributed by atoms with E-state index in [1.54, 1.807) is 31.4 Å². The highest BCUT2D eigenvalue weighted by molar-refractivity contribution is 7.89. The van der Waals surface area contributed by atoms with Gasteiger partial charge in [-0.1, -0.05) is 30.7 Å². The number of piperidine rings is 2. The van der Waals surface area contributed by atoms with Crippen LogP contribution >= 0.6 is 0 Å². The number of hydrogen-bond acceptors (Lipinski definition) is 5. The fourth-order valence-electron chi connectivity index (χ4n) is 4.84. The maximum Gasteiger partial charge on any atom is 0.243 e. The number of sulfonamides is 1. The molecule has 8 heteroatoms. The van der Waals surface area contributed by atoms with E-state index in [1.165, 1.54) is 29.1 Å². The quantitative estimate of drug-likeness (QED) is 0.620. The van der Waals surface area contributed by atoms with Crippen LogP contribution in [0.3, 0.4) is 0 Å². The standard InChI is InChI=1S/C26H35N3O4S/c1-33-24-11-13-25(14-12-24)34(31,32)29-17-7-10-23(20-29)26(30)27-18-21-8-3-4-9-22(21)19-28-15-5-2-6-16-28/h3-4,8-9,11-14,23H,2,5-7,10,15-20H2,1H3,(H,27,30). The maximum atomic E-state index is 13.1. The molecule has 1 unspecified atom stereocenters. The predicted octanol–water partition coefficient (Wildman–Crippen LogP) is 3.40. The van der Waals surface area contributed by atoms with Crippen LogP contribution in [0.1, 0.15) is 43.2 Å². The molecule has 0 aliphatic carbocycles. The summed E-state index contributed by atoms with van der Waals surface area (Å²) in [6.45, 7) is 4.25. The van der Waals surface area contributed by atoms with Crippen molar-refractivity contribution in [3.05, 3.63) is 59.7 Å². The number of rotatable bonds is 8. The van der Waals surface area contributed by atoms with E-state index in [4.69, 9.17) is 4.74 Å². The Hall–Kier alpha value is -2.42. The fraction of sp³-hybridized carbons (Fsp3) is 0.500.